The number of hydrogen-bond donors (Lipinski definition) is 0. The van der Waals surface area contributed by atoms with Crippen LogP contribution in [0.1, 0.15) is 41.0 Å². The molecule has 0 aromatic rings. The third kappa shape index (κ3) is 5.53. The Labute approximate surface area is 96.6 Å². The maximum absolute atomic E-state index is 11.6. The molecule has 4 heteroatoms. The van der Waals surface area contributed by atoms with Gasteiger partial charge >= 0.3 is 11.9 Å². The van der Waals surface area contributed by atoms with E-state index in [1.807, 2.05) is 6.92 Å². The van der Waals surface area contributed by atoms with Gasteiger partial charge in [0.25, 0.3) is 0 Å². The first kappa shape index (κ1) is 14.7. The minimum absolute atomic E-state index is 0.0232. The fourth-order valence-electron chi connectivity index (χ4n) is 1.01. The summed E-state index contributed by atoms with van der Waals surface area (Å²) in [6.07, 6.45) is 1.60. The highest BCUT2D eigenvalue weighted by molar-refractivity contribution is 6.14. The van der Waals surface area contributed by atoms with Crippen molar-refractivity contribution in [1.82, 2.24) is 0 Å². The maximum atomic E-state index is 11.6. The summed E-state index contributed by atoms with van der Waals surface area (Å²) in [5.74, 6) is -1.25. The molecule has 0 radical (unpaired) electrons. The zero-order chi connectivity index (χ0) is 12.7. The van der Waals surface area contributed by atoms with E-state index in [-0.39, 0.29) is 17.8 Å². The van der Waals surface area contributed by atoms with E-state index in [1.165, 1.54) is 6.08 Å². The highest BCUT2D eigenvalue weighted by Crippen LogP contribution is 2.07. The van der Waals surface area contributed by atoms with Gasteiger partial charge in [-0.05, 0) is 34.1 Å². The molecule has 0 rings (SSSR count). The number of hydrogen-bond acceptors (Lipinski definition) is 4. The van der Waals surface area contributed by atoms with E-state index in [4.69, 9.17) is 9.47 Å². The number of esters is 2. The molecule has 0 aromatic heterocycles. The van der Waals surface area contributed by atoms with Crippen LogP contribution in [0.4, 0.5) is 0 Å². The Hall–Kier alpha value is -1.32. The van der Waals surface area contributed by atoms with Crippen LogP contribution in [0.5, 0.6) is 0 Å². The standard InChI is InChI=1S/C12H20O4/c1-6-7-10(11(13)15-8(2)3)12(14)16-9(4)5/h7-9H,6H2,1-5H3. The van der Waals surface area contributed by atoms with Gasteiger partial charge in [-0.2, -0.15) is 0 Å². The number of ether oxygens (including phenoxy) is 2. The molecule has 4 nitrogen and oxygen atoms in total. The Kier molecular flexibility index (Phi) is 6.46. The minimum Gasteiger partial charge on any atom is -0.459 e. The quantitative estimate of drug-likeness (QED) is 0.313. The summed E-state index contributed by atoms with van der Waals surface area (Å²) in [6.45, 7) is 8.76. The molecule has 0 aliphatic heterocycles. The largest absolute Gasteiger partial charge is 0.459 e. The summed E-state index contributed by atoms with van der Waals surface area (Å²) in [5.41, 5.74) is -0.0232. The van der Waals surface area contributed by atoms with E-state index in [2.05, 4.69) is 0 Å². The topological polar surface area (TPSA) is 52.6 Å². The third-order valence-corrected chi connectivity index (χ3v) is 1.53. The Morgan fingerprint density at radius 2 is 1.38 bits per heavy atom. The number of allylic oxidation sites excluding steroid dienone is 1. The van der Waals surface area contributed by atoms with Crippen molar-refractivity contribution in [1.29, 1.82) is 0 Å². The fraction of sp³-hybridized carbons (Fsp3) is 0.667. The summed E-state index contributed by atoms with van der Waals surface area (Å²) in [4.78, 5) is 23.2. The Morgan fingerprint density at radius 3 is 1.62 bits per heavy atom. The van der Waals surface area contributed by atoms with Crippen LogP contribution in [0.2, 0.25) is 0 Å². The Bertz CT molecular complexity index is 253. The van der Waals surface area contributed by atoms with Crippen molar-refractivity contribution >= 4 is 11.9 Å². The number of carbonyl (C=O) groups excluding carboxylic acids is 2. The summed E-state index contributed by atoms with van der Waals surface area (Å²) < 4.78 is 9.92. The SMILES string of the molecule is CCC=C(C(=O)OC(C)C)C(=O)OC(C)C. The number of carbonyl (C=O) groups is 2. The molecule has 0 saturated heterocycles. The van der Waals surface area contributed by atoms with Gasteiger partial charge in [-0.15, -0.1) is 0 Å². The summed E-state index contributed by atoms with van der Waals surface area (Å²) in [5, 5.41) is 0. The molecule has 0 unspecified atom stereocenters. The van der Waals surface area contributed by atoms with E-state index in [1.54, 1.807) is 27.7 Å². The molecule has 0 saturated carbocycles. The molecule has 0 aliphatic carbocycles. The van der Waals surface area contributed by atoms with Gasteiger partial charge in [-0.3, -0.25) is 0 Å². The van der Waals surface area contributed by atoms with Crippen molar-refractivity contribution in [2.45, 2.75) is 53.2 Å². The Morgan fingerprint density at radius 1 is 1.00 bits per heavy atom. The number of rotatable bonds is 5. The molecule has 0 spiro atoms. The van der Waals surface area contributed by atoms with Gasteiger partial charge in [0.05, 0.1) is 12.2 Å². The van der Waals surface area contributed by atoms with Crippen molar-refractivity contribution in [2.75, 3.05) is 0 Å². The zero-order valence-electron chi connectivity index (χ0n) is 10.6. The first-order valence-corrected chi connectivity index (χ1v) is 5.50. The molecule has 16 heavy (non-hydrogen) atoms. The molecular formula is C12H20O4. The van der Waals surface area contributed by atoms with Gasteiger partial charge in [-0.1, -0.05) is 13.0 Å². The van der Waals surface area contributed by atoms with Crippen molar-refractivity contribution in [3.05, 3.63) is 11.6 Å². The molecule has 0 bridgehead atoms. The van der Waals surface area contributed by atoms with Gasteiger partial charge in [0.2, 0.25) is 0 Å². The average Bonchev–Trinajstić information content (AvgIpc) is 2.11. The van der Waals surface area contributed by atoms with E-state index in [0.29, 0.717) is 6.42 Å². The monoisotopic (exact) mass is 228 g/mol. The molecule has 0 fully saturated rings. The summed E-state index contributed by atoms with van der Waals surface area (Å²) >= 11 is 0. The van der Waals surface area contributed by atoms with Crippen molar-refractivity contribution < 1.29 is 19.1 Å². The van der Waals surface area contributed by atoms with Crippen LogP contribution in [0.3, 0.4) is 0 Å². The highest BCUT2D eigenvalue weighted by Gasteiger charge is 2.22. The van der Waals surface area contributed by atoms with Crippen LogP contribution in [-0.2, 0) is 19.1 Å². The molecule has 0 aromatic carbocycles. The lowest BCUT2D eigenvalue weighted by Gasteiger charge is -2.12. The zero-order valence-corrected chi connectivity index (χ0v) is 10.6. The van der Waals surface area contributed by atoms with Crippen molar-refractivity contribution in [3.8, 4) is 0 Å². The van der Waals surface area contributed by atoms with Crippen LogP contribution in [0.15, 0.2) is 11.6 Å². The first-order chi connectivity index (χ1) is 7.38. The van der Waals surface area contributed by atoms with E-state index >= 15 is 0 Å². The highest BCUT2D eigenvalue weighted by atomic mass is 16.6. The van der Waals surface area contributed by atoms with Crippen LogP contribution >= 0.6 is 0 Å². The van der Waals surface area contributed by atoms with Crippen molar-refractivity contribution in [2.24, 2.45) is 0 Å². The molecule has 0 amide bonds. The Balaban J connectivity index is 4.68. The molecule has 0 N–H and O–H groups in total. The lowest BCUT2D eigenvalue weighted by atomic mass is 10.2. The normalized spacial score (nSPS) is 10.2. The second-order valence-electron chi connectivity index (χ2n) is 3.93. The van der Waals surface area contributed by atoms with E-state index in [9.17, 15) is 9.59 Å². The molecule has 0 aliphatic rings. The fourth-order valence-corrected chi connectivity index (χ4v) is 1.01. The molecular weight excluding hydrogens is 208 g/mol. The first-order valence-electron chi connectivity index (χ1n) is 5.50. The van der Waals surface area contributed by atoms with Crippen LogP contribution in [-0.4, -0.2) is 24.1 Å². The maximum Gasteiger partial charge on any atom is 0.345 e. The lowest BCUT2D eigenvalue weighted by Crippen LogP contribution is -2.23. The summed E-state index contributed by atoms with van der Waals surface area (Å²) in [7, 11) is 0. The average molecular weight is 228 g/mol. The van der Waals surface area contributed by atoms with Crippen LogP contribution in [0.25, 0.3) is 0 Å². The van der Waals surface area contributed by atoms with Gasteiger partial charge in [0, 0.05) is 0 Å². The van der Waals surface area contributed by atoms with Gasteiger partial charge < -0.3 is 9.47 Å². The lowest BCUT2D eigenvalue weighted by molar-refractivity contribution is -0.150. The van der Waals surface area contributed by atoms with E-state index < -0.39 is 11.9 Å². The minimum atomic E-state index is -0.623. The van der Waals surface area contributed by atoms with Crippen LogP contribution in [0, 0.1) is 0 Å². The second-order valence-corrected chi connectivity index (χ2v) is 3.93. The molecule has 0 heterocycles. The van der Waals surface area contributed by atoms with Crippen LogP contribution < -0.4 is 0 Å². The summed E-state index contributed by atoms with van der Waals surface area (Å²) in [6, 6.07) is 0. The van der Waals surface area contributed by atoms with Crippen molar-refractivity contribution in [3.63, 3.8) is 0 Å². The predicted molar refractivity (Wildman–Crippen MR) is 60.8 cm³/mol. The third-order valence-electron chi connectivity index (χ3n) is 1.53. The van der Waals surface area contributed by atoms with Gasteiger partial charge in [-0.25, -0.2) is 9.59 Å². The molecule has 92 valence electrons. The van der Waals surface area contributed by atoms with E-state index in [0.717, 1.165) is 0 Å². The smallest absolute Gasteiger partial charge is 0.345 e. The second kappa shape index (κ2) is 7.04. The van der Waals surface area contributed by atoms with Gasteiger partial charge in [0.15, 0.2) is 0 Å². The molecule has 0 atom stereocenters. The van der Waals surface area contributed by atoms with Gasteiger partial charge in [0.1, 0.15) is 5.57 Å². The predicted octanol–water partition coefficient (Wildman–Crippen LogP) is 2.23.